The number of benzene rings is 1. The summed E-state index contributed by atoms with van der Waals surface area (Å²) in [5.41, 5.74) is 0.299. The van der Waals surface area contributed by atoms with E-state index in [4.69, 9.17) is 16.3 Å². The zero-order valence-electron chi connectivity index (χ0n) is 13.9. The van der Waals surface area contributed by atoms with Crippen LogP contribution in [-0.2, 0) is 16.1 Å². The summed E-state index contributed by atoms with van der Waals surface area (Å²) in [6.45, 7) is 3.06. The number of hydrogen-bond acceptors (Lipinski definition) is 3. The first-order valence-electron chi connectivity index (χ1n) is 8.03. The Morgan fingerprint density at radius 2 is 2.21 bits per heavy atom. The second-order valence-electron chi connectivity index (χ2n) is 5.88. The molecular weight excluding hydrogens is 335 g/mol. The SMILES string of the molecule is CCOC(=O)N1CCCC(C(=O)N(C)Cc2c(F)cccc2Cl)C1. The number of ether oxygens (including phenoxy) is 1. The maximum absolute atomic E-state index is 13.9. The molecule has 1 aromatic rings. The highest BCUT2D eigenvalue weighted by atomic mass is 35.5. The largest absolute Gasteiger partial charge is 0.450 e. The number of carbonyl (C=O) groups excluding carboxylic acids is 2. The Balaban J connectivity index is 2.01. The van der Waals surface area contributed by atoms with Gasteiger partial charge in [-0.15, -0.1) is 0 Å². The van der Waals surface area contributed by atoms with E-state index in [0.717, 1.165) is 6.42 Å². The number of carbonyl (C=O) groups is 2. The molecule has 0 saturated carbocycles. The molecule has 7 heteroatoms. The van der Waals surface area contributed by atoms with E-state index in [2.05, 4.69) is 0 Å². The van der Waals surface area contributed by atoms with Gasteiger partial charge in [0.25, 0.3) is 0 Å². The molecule has 5 nitrogen and oxygen atoms in total. The monoisotopic (exact) mass is 356 g/mol. The van der Waals surface area contributed by atoms with Gasteiger partial charge in [0.05, 0.1) is 12.5 Å². The molecule has 1 fully saturated rings. The Morgan fingerprint density at radius 3 is 2.88 bits per heavy atom. The van der Waals surface area contributed by atoms with Gasteiger partial charge in [-0.1, -0.05) is 17.7 Å². The smallest absolute Gasteiger partial charge is 0.409 e. The van der Waals surface area contributed by atoms with Gasteiger partial charge in [-0.3, -0.25) is 4.79 Å². The van der Waals surface area contributed by atoms with E-state index in [-0.39, 0.29) is 18.4 Å². The molecule has 0 radical (unpaired) electrons. The van der Waals surface area contributed by atoms with Crippen molar-refractivity contribution in [2.45, 2.75) is 26.3 Å². The van der Waals surface area contributed by atoms with Gasteiger partial charge in [0.2, 0.25) is 5.91 Å². The van der Waals surface area contributed by atoms with Crippen molar-refractivity contribution in [3.8, 4) is 0 Å². The summed E-state index contributed by atoms with van der Waals surface area (Å²) < 4.78 is 18.9. The van der Waals surface area contributed by atoms with Gasteiger partial charge in [0.1, 0.15) is 5.82 Å². The molecular formula is C17H22ClFN2O3. The van der Waals surface area contributed by atoms with Gasteiger partial charge in [-0.2, -0.15) is 0 Å². The van der Waals surface area contributed by atoms with Gasteiger partial charge in [-0.05, 0) is 31.9 Å². The molecule has 2 rings (SSSR count). The summed E-state index contributed by atoms with van der Waals surface area (Å²) in [4.78, 5) is 27.5. The third-order valence-corrected chi connectivity index (χ3v) is 4.48. The van der Waals surface area contributed by atoms with Crippen LogP contribution in [0.3, 0.4) is 0 Å². The predicted molar refractivity (Wildman–Crippen MR) is 89.2 cm³/mol. The van der Waals surface area contributed by atoms with Crippen molar-refractivity contribution in [1.82, 2.24) is 9.80 Å². The minimum atomic E-state index is -0.432. The molecule has 1 unspecified atom stereocenters. The molecule has 0 aromatic heterocycles. The van der Waals surface area contributed by atoms with Crippen molar-refractivity contribution < 1.29 is 18.7 Å². The molecule has 1 heterocycles. The van der Waals surface area contributed by atoms with Crippen molar-refractivity contribution >= 4 is 23.6 Å². The van der Waals surface area contributed by atoms with Crippen LogP contribution in [0.2, 0.25) is 5.02 Å². The van der Waals surface area contributed by atoms with Crippen molar-refractivity contribution in [3.05, 3.63) is 34.6 Å². The number of halogens is 2. The lowest BCUT2D eigenvalue weighted by molar-refractivity contribution is -0.136. The lowest BCUT2D eigenvalue weighted by atomic mass is 9.96. The number of piperidine rings is 1. The molecule has 1 saturated heterocycles. The van der Waals surface area contributed by atoms with Gasteiger partial charge in [0.15, 0.2) is 0 Å². The first-order valence-corrected chi connectivity index (χ1v) is 8.41. The molecule has 0 spiro atoms. The quantitative estimate of drug-likeness (QED) is 0.831. The zero-order chi connectivity index (χ0) is 17.7. The highest BCUT2D eigenvalue weighted by Gasteiger charge is 2.31. The second-order valence-corrected chi connectivity index (χ2v) is 6.29. The Morgan fingerprint density at radius 1 is 1.46 bits per heavy atom. The van der Waals surface area contributed by atoms with E-state index in [9.17, 15) is 14.0 Å². The first-order chi connectivity index (χ1) is 11.4. The third-order valence-electron chi connectivity index (χ3n) is 4.13. The fraction of sp³-hybridized carbons (Fsp3) is 0.529. The van der Waals surface area contributed by atoms with Crippen molar-refractivity contribution in [1.29, 1.82) is 0 Å². The van der Waals surface area contributed by atoms with E-state index in [1.54, 1.807) is 24.9 Å². The van der Waals surface area contributed by atoms with Crippen LogP contribution in [0, 0.1) is 11.7 Å². The molecule has 1 atom stereocenters. The van der Waals surface area contributed by atoms with Gasteiger partial charge in [0, 0.05) is 37.3 Å². The van der Waals surface area contributed by atoms with Crippen LogP contribution in [-0.4, -0.2) is 48.5 Å². The lowest BCUT2D eigenvalue weighted by Crippen LogP contribution is -2.46. The van der Waals surface area contributed by atoms with Crippen LogP contribution < -0.4 is 0 Å². The van der Waals surface area contributed by atoms with E-state index in [1.165, 1.54) is 17.0 Å². The minimum Gasteiger partial charge on any atom is -0.450 e. The van der Waals surface area contributed by atoms with E-state index < -0.39 is 11.9 Å². The van der Waals surface area contributed by atoms with Gasteiger partial charge in [-0.25, -0.2) is 9.18 Å². The fourth-order valence-electron chi connectivity index (χ4n) is 2.87. The maximum Gasteiger partial charge on any atom is 0.409 e. The molecule has 132 valence electrons. The van der Waals surface area contributed by atoms with Gasteiger partial charge < -0.3 is 14.5 Å². The summed E-state index contributed by atoms with van der Waals surface area (Å²) in [5, 5.41) is 0.298. The molecule has 1 aliphatic rings. The minimum absolute atomic E-state index is 0.0975. The van der Waals surface area contributed by atoms with Crippen LogP contribution in [0.5, 0.6) is 0 Å². The summed E-state index contributed by atoms with van der Waals surface area (Å²) >= 11 is 6.02. The summed E-state index contributed by atoms with van der Waals surface area (Å²) in [7, 11) is 1.62. The third kappa shape index (κ3) is 4.38. The Kier molecular flexibility index (Phi) is 6.43. The van der Waals surface area contributed by atoms with Gasteiger partial charge >= 0.3 is 6.09 Å². The Bertz CT molecular complexity index is 591. The maximum atomic E-state index is 13.9. The van der Waals surface area contributed by atoms with E-state index in [1.807, 2.05) is 0 Å². The van der Waals surface area contributed by atoms with E-state index >= 15 is 0 Å². The molecule has 2 amide bonds. The number of amides is 2. The van der Waals surface area contributed by atoms with E-state index in [0.29, 0.717) is 36.7 Å². The summed E-state index contributed by atoms with van der Waals surface area (Å²) in [6.07, 6.45) is 1.04. The first kappa shape index (κ1) is 18.5. The predicted octanol–water partition coefficient (Wildman–Crippen LogP) is 3.31. The molecule has 1 aromatic carbocycles. The summed E-state index contributed by atoms with van der Waals surface area (Å²) in [5.74, 6) is -0.860. The van der Waals surface area contributed by atoms with Crippen LogP contribution in [0.15, 0.2) is 18.2 Å². The topological polar surface area (TPSA) is 49.9 Å². The second kappa shape index (κ2) is 8.33. The fourth-order valence-corrected chi connectivity index (χ4v) is 3.09. The van der Waals surface area contributed by atoms with Crippen LogP contribution in [0.1, 0.15) is 25.3 Å². The Labute approximate surface area is 146 Å². The zero-order valence-corrected chi connectivity index (χ0v) is 14.7. The van der Waals surface area contributed by atoms with Crippen LogP contribution in [0.25, 0.3) is 0 Å². The Hall–Kier alpha value is -1.82. The lowest BCUT2D eigenvalue weighted by Gasteiger charge is -2.33. The molecule has 0 bridgehead atoms. The van der Waals surface area contributed by atoms with Crippen molar-refractivity contribution in [2.75, 3.05) is 26.7 Å². The highest BCUT2D eigenvalue weighted by Crippen LogP contribution is 2.23. The number of likely N-dealkylation sites (tertiary alicyclic amines) is 1. The van der Waals surface area contributed by atoms with Crippen LogP contribution >= 0.6 is 11.6 Å². The number of nitrogens with zero attached hydrogens (tertiary/aromatic N) is 2. The molecule has 1 aliphatic heterocycles. The summed E-state index contributed by atoms with van der Waals surface area (Å²) in [6, 6.07) is 4.45. The number of rotatable bonds is 4. The molecule has 0 aliphatic carbocycles. The average Bonchev–Trinajstić information content (AvgIpc) is 2.57. The molecule has 0 N–H and O–H groups in total. The standard InChI is InChI=1S/C17H22ClFN2O3/c1-3-24-17(23)21-9-5-6-12(10-21)16(22)20(2)11-13-14(18)7-4-8-15(13)19/h4,7-8,12H,3,5-6,9-11H2,1-2H3. The highest BCUT2D eigenvalue weighted by molar-refractivity contribution is 6.31. The van der Waals surface area contributed by atoms with Crippen molar-refractivity contribution in [2.24, 2.45) is 5.92 Å². The molecule has 24 heavy (non-hydrogen) atoms. The van der Waals surface area contributed by atoms with Crippen molar-refractivity contribution in [3.63, 3.8) is 0 Å². The normalized spacial score (nSPS) is 17.5. The number of hydrogen-bond donors (Lipinski definition) is 0. The van der Waals surface area contributed by atoms with Crippen LogP contribution in [0.4, 0.5) is 9.18 Å². The average molecular weight is 357 g/mol.